The van der Waals surface area contributed by atoms with Crippen LogP contribution in [0.25, 0.3) is 0 Å². The molecule has 1 aliphatic rings. The molecule has 8 nitrogen and oxygen atoms in total. The van der Waals surface area contributed by atoms with Crippen LogP contribution in [0.2, 0.25) is 0 Å². The summed E-state index contributed by atoms with van der Waals surface area (Å²) >= 11 is 0. The molecule has 1 aromatic heterocycles. The molecule has 0 aliphatic carbocycles. The number of aliphatic hydroxyl groups is 2. The number of methoxy groups -OCH3 is 1. The first kappa shape index (κ1) is 22.2. The van der Waals surface area contributed by atoms with E-state index in [1.807, 2.05) is 12.1 Å². The maximum Gasteiger partial charge on any atom is 0.339 e. The molecule has 0 spiro atoms. The van der Waals surface area contributed by atoms with Crippen molar-refractivity contribution in [2.75, 3.05) is 46.4 Å². The van der Waals surface area contributed by atoms with Crippen molar-refractivity contribution in [3.63, 3.8) is 0 Å². The fraction of sp³-hybridized carbons (Fsp3) is 0.455. The summed E-state index contributed by atoms with van der Waals surface area (Å²) in [6.07, 6.45) is 3.13. The van der Waals surface area contributed by atoms with E-state index in [0.29, 0.717) is 42.1 Å². The Morgan fingerprint density at radius 3 is 2.43 bits per heavy atom. The average molecular weight is 415 g/mol. The number of aromatic nitrogens is 1. The number of esters is 1. The van der Waals surface area contributed by atoms with E-state index in [1.165, 1.54) is 6.20 Å². The SMILES string of the molecule is COc1c(CN2CCN(CCOC(=O)c3cccnc3)CC2)ccc(CO)c1CO. The standard InChI is InChI=1S/C22H29N3O5/c1-29-21-18(4-5-19(15-26)20(21)16-27)14-25-9-7-24(8-10-25)11-12-30-22(28)17-3-2-6-23-13-17/h2-6,13,26-27H,7-12,14-16H2,1H3. The van der Waals surface area contributed by atoms with Crippen LogP contribution in [-0.4, -0.2) is 77.4 Å². The third kappa shape index (κ3) is 5.54. The number of pyridine rings is 1. The van der Waals surface area contributed by atoms with Gasteiger partial charge in [-0.2, -0.15) is 0 Å². The first-order chi connectivity index (χ1) is 14.7. The van der Waals surface area contributed by atoms with Crippen LogP contribution >= 0.6 is 0 Å². The van der Waals surface area contributed by atoms with Crippen LogP contribution in [0.1, 0.15) is 27.0 Å². The third-order valence-corrected chi connectivity index (χ3v) is 5.37. The number of benzene rings is 1. The van der Waals surface area contributed by atoms with E-state index in [0.717, 1.165) is 31.7 Å². The summed E-state index contributed by atoms with van der Waals surface area (Å²) in [6.45, 7) is 5.00. The van der Waals surface area contributed by atoms with Gasteiger partial charge in [0.1, 0.15) is 12.4 Å². The van der Waals surface area contributed by atoms with Crippen LogP contribution in [-0.2, 0) is 24.5 Å². The average Bonchev–Trinajstić information content (AvgIpc) is 2.80. The van der Waals surface area contributed by atoms with Crippen LogP contribution in [0.4, 0.5) is 0 Å². The second-order valence-corrected chi connectivity index (χ2v) is 7.21. The van der Waals surface area contributed by atoms with Gasteiger partial charge >= 0.3 is 5.97 Å². The van der Waals surface area contributed by atoms with Crippen molar-refractivity contribution in [1.29, 1.82) is 0 Å². The van der Waals surface area contributed by atoms with Crippen molar-refractivity contribution in [3.05, 3.63) is 58.9 Å². The molecule has 0 unspecified atom stereocenters. The lowest BCUT2D eigenvalue weighted by Gasteiger charge is -2.35. The van der Waals surface area contributed by atoms with Gasteiger partial charge in [0.2, 0.25) is 0 Å². The van der Waals surface area contributed by atoms with Gasteiger partial charge in [0.05, 0.1) is 25.9 Å². The lowest BCUT2D eigenvalue weighted by Crippen LogP contribution is -2.46. The fourth-order valence-corrected chi connectivity index (χ4v) is 3.66. The fourth-order valence-electron chi connectivity index (χ4n) is 3.66. The summed E-state index contributed by atoms with van der Waals surface area (Å²) in [5.41, 5.74) is 2.79. The van der Waals surface area contributed by atoms with Gasteiger partial charge in [-0.15, -0.1) is 0 Å². The van der Waals surface area contributed by atoms with E-state index in [1.54, 1.807) is 25.4 Å². The molecule has 162 valence electrons. The largest absolute Gasteiger partial charge is 0.496 e. The van der Waals surface area contributed by atoms with Gasteiger partial charge in [0.15, 0.2) is 0 Å². The molecule has 0 atom stereocenters. The molecule has 1 aromatic carbocycles. The highest BCUT2D eigenvalue weighted by atomic mass is 16.5. The number of ether oxygens (including phenoxy) is 2. The summed E-state index contributed by atoms with van der Waals surface area (Å²) in [6, 6.07) is 7.20. The molecule has 3 rings (SSSR count). The zero-order valence-electron chi connectivity index (χ0n) is 17.3. The molecule has 2 heterocycles. The Bertz CT molecular complexity index is 823. The van der Waals surface area contributed by atoms with Crippen molar-refractivity contribution in [3.8, 4) is 5.75 Å². The van der Waals surface area contributed by atoms with Crippen molar-refractivity contribution < 1.29 is 24.5 Å². The van der Waals surface area contributed by atoms with Gasteiger partial charge < -0.3 is 19.7 Å². The lowest BCUT2D eigenvalue weighted by atomic mass is 10.0. The van der Waals surface area contributed by atoms with Gasteiger partial charge in [-0.25, -0.2) is 4.79 Å². The zero-order chi connectivity index (χ0) is 21.3. The number of piperazine rings is 1. The first-order valence-corrected chi connectivity index (χ1v) is 10.1. The monoisotopic (exact) mass is 415 g/mol. The van der Waals surface area contributed by atoms with E-state index < -0.39 is 0 Å². The Morgan fingerprint density at radius 1 is 1.07 bits per heavy atom. The second-order valence-electron chi connectivity index (χ2n) is 7.21. The topological polar surface area (TPSA) is 95.4 Å². The molecule has 0 amide bonds. The minimum atomic E-state index is -0.347. The second kappa shape index (κ2) is 11.0. The zero-order valence-corrected chi connectivity index (χ0v) is 17.3. The highest BCUT2D eigenvalue weighted by Gasteiger charge is 2.20. The van der Waals surface area contributed by atoms with Crippen molar-refractivity contribution in [2.24, 2.45) is 0 Å². The summed E-state index contributed by atoms with van der Waals surface area (Å²) in [4.78, 5) is 20.5. The molecule has 0 bridgehead atoms. The van der Waals surface area contributed by atoms with Crippen LogP contribution < -0.4 is 4.74 Å². The Balaban J connectivity index is 1.46. The molecular weight excluding hydrogens is 386 g/mol. The number of aliphatic hydroxyl groups excluding tert-OH is 2. The highest BCUT2D eigenvalue weighted by Crippen LogP contribution is 2.29. The minimum Gasteiger partial charge on any atom is -0.496 e. The summed E-state index contributed by atoms with van der Waals surface area (Å²) in [5.74, 6) is 0.300. The van der Waals surface area contributed by atoms with Crippen molar-refractivity contribution in [2.45, 2.75) is 19.8 Å². The van der Waals surface area contributed by atoms with Crippen LogP contribution in [0, 0.1) is 0 Å². The Hall–Kier alpha value is -2.52. The normalized spacial score (nSPS) is 15.2. The van der Waals surface area contributed by atoms with Crippen LogP contribution in [0.5, 0.6) is 5.75 Å². The molecule has 1 aliphatic heterocycles. The van der Waals surface area contributed by atoms with E-state index in [2.05, 4.69) is 14.8 Å². The van der Waals surface area contributed by atoms with Crippen LogP contribution in [0.15, 0.2) is 36.7 Å². The number of carbonyl (C=O) groups excluding carboxylic acids is 1. The number of hydrogen-bond acceptors (Lipinski definition) is 8. The first-order valence-electron chi connectivity index (χ1n) is 10.1. The maximum atomic E-state index is 12.0. The quantitative estimate of drug-likeness (QED) is 0.587. The summed E-state index contributed by atoms with van der Waals surface area (Å²) < 4.78 is 10.9. The van der Waals surface area contributed by atoms with Gasteiger partial charge in [0, 0.05) is 62.8 Å². The molecular formula is C22H29N3O5. The van der Waals surface area contributed by atoms with Gasteiger partial charge in [-0.1, -0.05) is 12.1 Å². The number of carbonyl (C=O) groups is 1. The highest BCUT2D eigenvalue weighted by molar-refractivity contribution is 5.88. The lowest BCUT2D eigenvalue weighted by molar-refractivity contribution is 0.0418. The molecule has 0 radical (unpaired) electrons. The molecule has 8 heteroatoms. The third-order valence-electron chi connectivity index (χ3n) is 5.37. The smallest absolute Gasteiger partial charge is 0.339 e. The maximum absolute atomic E-state index is 12.0. The minimum absolute atomic E-state index is 0.128. The Kier molecular flexibility index (Phi) is 8.15. The number of nitrogens with zero attached hydrogens (tertiary/aromatic N) is 3. The Morgan fingerprint density at radius 2 is 1.80 bits per heavy atom. The van der Waals surface area contributed by atoms with Gasteiger partial charge in [-0.05, 0) is 17.7 Å². The van der Waals surface area contributed by atoms with E-state index >= 15 is 0 Å². The number of hydrogen-bond donors (Lipinski definition) is 2. The number of rotatable bonds is 9. The van der Waals surface area contributed by atoms with E-state index in [-0.39, 0.29) is 19.2 Å². The Labute approximate surface area is 176 Å². The predicted molar refractivity (Wildman–Crippen MR) is 111 cm³/mol. The van der Waals surface area contributed by atoms with Crippen LogP contribution in [0.3, 0.4) is 0 Å². The molecule has 2 aromatic rings. The van der Waals surface area contributed by atoms with E-state index in [4.69, 9.17) is 9.47 Å². The summed E-state index contributed by atoms with van der Waals surface area (Å²) in [5, 5.41) is 19.1. The van der Waals surface area contributed by atoms with Crippen molar-refractivity contribution >= 4 is 5.97 Å². The predicted octanol–water partition coefficient (Wildman–Crippen LogP) is 1.05. The van der Waals surface area contributed by atoms with E-state index in [9.17, 15) is 15.0 Å². The van der Waals surface area contributed by atoms with Crippen molar-refractivity contribution in [1.82, 2.24) is 14.8 Å². The molecule has 2 N–H and O–H groups in total. The molecule has 0 saturated carbocycles. The molecule has 1 fully saturated rings. The molecule has 30 heavy (non-hydrogen) atoms. The summed E-state index contributed by atoms with van der Waals surface area (Å²) in [7, 11) is 1.59. The van der Waals surface area contributed by atoms with Gasteiger partial charge in [-0.3, -0.25) is 14.8 Å². The molecule has 1 saturated heterocycles. The van der Waals surface area contributed by atoms with Gasteiger partial charge in [0.25, 0.3) is 0 Å².